The molecule has 1 aromatic rings. The summed E-state index contributed by atoms with van der Waals surface area (Å²) in [6, 6.07) is 0. The fourth-order valence-electron chi connectivity index (χ4n) is 1.57. The van der Waals surface area contributed by atoms with Crippen LogP contribution in [0.1, 0.15) is 24.2 Å². The molecule has 0 fully saturated rings. The quantitative estimate of drug-likeness (QED) is 0.344. The standard InChI is InChI=1S/C13H12ClI3N2O3/c1-5(20)3-18-11-8(15)7(13(14)22)9(16)12(10(11)17)19-4-6(2)21/h18-19H,3-4H2,1-2H3. The zero-order chi connectivity index (χ0) is 17.0. The van der Waals surface area contributed by atoms with Crippen LogP contribution < -0.4 is 10.6 Å². The van der Waals surface area contributed by atoms with E-state index in [4.69, 9.17) is 11.6 Å². The van der Waals surface area contributed by atoms with Crippen molar-refractivity contribution in [3.05, 3.63) is 16.3 Å². The van der Waals surface area contributed by atoms with E-state index in [1.807, 2.05) is 45.2 Å². The van der Waals surface area contributed by atoms with E-state index < -0.39 is 5.24 Å². The monoisotopic (exact) mass is 660 g/mol. The molecule has 0 saturated carbocycles. The summed E-state index contributed by atoms with van der Waals surface area (Å²) in [5.74, 6) is -0.0516. The average Bonchev–Trinajstić information content (AvgIpc) is 2.36. The first-order valence-corrected chi connectivity index (χ1v) is 9.65. The van der Waals surface area contributed by atoms with E-state index in [0.717, 1.165) is 3.57 Å². The highest BCUT2D eigenvalue weighted by Gasteiger charge is 2.23. The highest BCUT2D eigenvalue weighted by molar-refractivity contribution is 14.1. The van der Waals surface area contributed by atoms with Crippen LogP contribution in [0, 0.1) is 10.7 Å². The summed E-state index contributed by atoms with van der Waals surface area (Å²) >= 11 is 11.9. The largest absolute Gasteiger partial charge is 0.376 e. The van der Waals surface area contributed by atoms with Gasteiger partial charge in [0.25, 0.3) is 5.24 Å². The average molecular weight is 660 g/mol. The number of hydrogen-bond acceptors (Lipinski definition) is 5. The van der Waals surface area contributed by atoms with Gasteiger partial charge in [-0.05, 0) is 93.2 Å². The lowest BCUT2D eigenvalue weighted by molar-refractivity contribution is -0.116. The number of nitrogens with one attached hydrogen (secondary N) is 2. The second-order valence-corrected chi connectivity index (χ2v) is 8.03. The molecule has 22 heavy (non-hydrogen) atoms. The van der Waals surface area contributed by atoms with Gasteiger partial charge in [-0.3, -0.25) is 14.4 Å². The molecule has 0 aromatic heterocycles. The molecular weight excluding hydrogens is 648 g/mol. The summed E-state index contributed by atoms with van der Waals surface area (Å²) in [6.07, 6.45) is 0. The Kier molecular flexibility index (Phi) is 8.30. The minimum absolute atomic E-state index is 0.0258. The van der Waals surface area contributed by atoms with Gasteiger partial charge in [-0.15, -0.1) is 0 Å². The van der Waals surface area contributed by atoms with Gasteiger partial charge in [0.1, 0.15) is 11.6 Å². The van der Waals surface area contributed by atoms with Crippen molar-refractivity contribution in [1.29, 1.82) is 0 Å². The third kappa shape index (κ3) is 5.16. The van der Waals surface area contributed by atoms with E-state index in [-0.39, 0.29) is 24.7 Å². The van der Waals surface area contributed by atoms with Gasteiger partial charge in [-0.1, -0.05) is 0 Å². The summed E-state index contributed by atoms with van der Waals surface area (Å²) in [5.41, 5.74) is 1.68. The van der Waals surface area contributed by atoms with Crippen molar-refractivity contribution in [2.24, 2.45) is 0 Å². The van der Waals surface area contributed by atoms with E-state index in [2.05, 4.69) is 33.2 Å². The zero-order valence-corrected chi connectivity index (χ0v) is 18.9. The van der Waals surface area contributed by atoms with Crippen LogP contribution in [0.5, 0.6) is 0 Å². The third-order valence-corrected chi connectivity index (χ3v) is 5.97. The number of anilines is 2. The first-order chi connectivity index (χ1) is 10.2. The molecule has 0 heterocycles. The summed E-state index contributed by atoms with van der Waals surface area (Å²) < 4.78 is 2.11. The van der Waals surface area contributed by atoms with Crippen LogP contribution in [0.25, 0.3) is 0 Å². The minimum Gasteiger partial charge on any atom is -0.376 e. The van der Waals surface area contributed by atoms with Crippen LogP contribution in [0.15, 0.2) is 0 Å². The third-order valence-electron chi connectivity index (χ3n) is 2.54. The highest BCUT2D eigenvalue weighted by atomic mass is 127. The lowest BCUT2D eigenvalue weighted by Gasteiger charge is -2.19. The SMILES string of the molecule is CC(=O)CNc1c(I)c(NCC(C)=O)c(I)c(C(=O)Cl)c1I. The first-order valence-electron chi connectivity index (χ1n) is 6.03. The molecule has 5 nitrogen and oxygen atoms in total. The molecule has 1 aromatic carbocycles. The Labute approximate surface area is 174 Å². The smallest absolute Gasteiger partial charge is 0.254 e. The molecule has 0 aliphatic carbocycles. The Balaban J connectivity index is 3.45. The van der Waals surface area contributed by atoms with Gasteiger partial charge in [0.2, 0.25) is 0 Å². The number of carbonyl (C=O) groups is 3. The topological polar surface area (TPSA) is 75.3 Å². The molecule has 0 radical (unpaired) electrons. The lowest BCUT2D eigenvalue weighted by atomic mass is 10.1. The minimum atomic E-state index is -0.582. The molecular formula is C13H12ClI3N2O3. The normalized spacial score (nSPS) is 10.3. The second-order valence-electron chi connectivity index (χ2n) is 4.45. The molecule has 0 aliphatic rings. The number of ketones is 2. The van der Waals surface area contributed by atoms with Crippen LogP contribution in [0.4, 0.5) is 11.4 Å². The molecule has 0 amide bonds. The Bertz CT molecular complexity index is 605. The predicted octanol–water partition coefficient (Wildman–Crippen LogP) is 3.88. The fourth-order valence-corrected chi connectivity index (χ4v) is 6.50. The maximum atomic E-state index is 11.7. The number of Topliss-reactive ketones (excluding diaryl/α,β-unsaturated/α-hetero) is 2. The number of rotatable bonds is 7. The van der Waals surface area contributed by atoms with Gasteiger partial charge in [-0.25, -0.2) is 0 Å². The molecule has 2 N–H and O–H groups in total. The van der Waals surface area contributed by atoms with Crippen LogP contribution in [-0.2, 0) is 9.59 Å². The molecule has 9 heteroatoms. The van der Waals surface area contributed by atoms with Crippen molar-refractivity contribution in [1.82, 2.24) is 0 Å². The van der Waals surface area contributed by atoms with Gasteiger partial charge < -0.3 is 10.6 Å². The van der Waals surface area contributed by atoms with Crippen molar-refractivity contribution >= 4 is 108 Å². The van der Waals surface area contributed by atoms with E-state index in [0.29, 0.717) is 24.1 Å². The fraction of sp³-hybridized carbons (Fsp3) is 0.308. The molecule has 0 bridgehead atoms. The zero-order valence-electron chi connectivity index (χ0n) is 11.7. The molecule has 1 rings (SSSR count). The molecule has 0 unspecified atom stereocenters. The summed E-state index contributed by atoms with van der Waals surface area (Å²) in [5, 5.41) is 5.47. The van der Waals surface area contributed by atoms with Gasteiger partial charge >= 0.3 is 0 Å². The van der Waals surface area contributed by atoms with E-state index in [1.54, 1.807) is 0 Å². The van der Waals surface area contributed by atoms with Crippen molar-refractivity contribution < 1.29 is 14.4 Å². The maximum Gasteiger partial charge on any atom is 0.254 e. The molecule has 0 spiro atoms. The molecule has 0 saturated heterocycles. The van der Waals surface area contributed by atoms with Gasteiger partial charge in [-0.2, -0.15) is 0 Å². The van der Waals surface area contributed by atoms with Crippen molar-refractivity contribution in [2.75, 3.05) is 23.7 Å². The predicted molar refractivity (Wildman–Crippen MR) is 113 cm³/mol. The lowest BCUT2D eigenvalue weighted by Crippen LogP contribution is -2.18. The molecule has 0 aliphatic heterocycles. The van der Waals surface area contributed by atoms with Crippen LogP contribution in [0.3, 0.4) is 0 Å². The van der Waals surface area contributed by atoms with Crippen LogP contribution in [-0.4, -0.2) is 29.9 Å². The Morgan fingerprint density at radius 1 is 0.864 bits per heavy atom. The van der Waals surface area contributed by atoms with Crippen molar-refractivity contribution in [3.8, 4) is 0 Å². The first kappa shape index (κ1) is 20.4. The van der Waals surface area contributed by atoms with E-state index >= 15 is 0 Å². The number of carbonyl (C=O) groups excluding carboxylic acids is 3. The Morgan fingerprint density at radius 2 is 1.23 bits per heavy atom. The van der Waals surface area contributed by atoms with E-state index in [1.165, 1.54) is 13.8 Å². The second kappa shape index (κ2) is 8.97. The van der Waals surface area contributed by atoms with Gasteiger partial charge in [0, 0.05) is 0 Å². The summed E-state index contributed by atoms with van der Waals surface area (Å²) in [4.78, 5) is 34.1. The number of hydrogen-bond donors (Lipinski definition) is 2. The van der Waals surface area contributed by atoms with E-state index in [9.17, 15) is 14.4 Å². The van der Waals surface area contributed by atoms with Crippen molar-refractivity contribution in [2.45, 2.75) is 13.8 Å². The molecule has 120 valence electrons. The van der Waals surface area contributed by atoms with Crippen LogP contribution >= 0.6 is 79.4 Å². The summed E-state index contributed by atoms with van der Waals surface area (Å²) in [7, 11) is 0. The molecule has 0 atom stereocenters. The highest BCUT2D eigenvalue weighted by Crippen LogP contribution is 2.39. The summed E-state index contributed by atoms with van der Waals surface area (Å²) in [6.45, 7) is 3.24. The van der Waals surface area contributed by atoms with Crippen molar-refractivity contribution in [3.63, 3.8) is 0 Å². The number of benzene rings is 1. The Morgan fingerprint density at radius 3 is 1.50 bits per heavy atom. The van der Waals surface area contributed by atoms with Gasteiger partial charge in [0.05, 0.1) is 40.7 Å². The van der Waals surface area contributed by atoms with Crippen LogP contribution in [0.2, 0.25) is 0 Å². The Hall–Kier alpha value is 0.310. The van der Waals surface area contributed by atoms with Gasteiger partial charge in [0.15, 0.2) is 0 Å². The maximum absolute atomic E-state index is 11.7. The number of halogens is 4.